The van der Waals surface area contributed by atoms with E-state index in [0.29, 0.717) is 12.0 Å². The van der Waals surface area contributed by atoms with Gasteiger partial charge >= 0.3 is 5.97 Å². The Bertz CT molecular complexity index is 712. The molecule has 0 aromatic carbocycles. The molecule has 0 spiro atoms. The van der Waals surface area contributed by atoms with Gasteiger partial charge in [0.05, 0.1) is 18.0 Å². The Balaban J connectivity index is 0.00000127. The maximum Gasteiger partial charge on any atom is 0.338 e. The van der Waals surface area contributed by atoms with Crippen molar-refractivity contribution in [1.29, 1.82) is 0 Å². The maximum atomic E-state index is 12.2. The van der Waals surface area contributed by atoms with E-state index in [2.05, 4.69) is 29.3 Å². The standard InChI is InChI=1S/C18H21NO2.C2H6/c1-4-8-13(5-2)11-14-12-19-16-10-7-6-9-15(16)17(14)18(20)21-3;1-2/h4-5,8-10,12H,6-7,11H2,1-3H3;1-2H3/b8-4-,13-5+;. The highest BCUT2D eigenvalue weighted by Crippen LogP contribution is 2.12. The van der Waals surface area contributed by atoms with Gasteiger partial charge < -0.3 is 4.74 Å². The van der Waals surface area contributed by atoms with E-state index in [1.807, 2.05) is 33.8 Å². The van der Waals surface area contributed by atoms with Crippen LogP contribution in [0.5, 0.6) is 0 Å². The highest BCUT2D eigenvalue weighted by Gasteiger charge is 2.16. The third-order valence-corrected chi connectivity index (χ3v) is 3.61. The van der Waals surface area contributed by atoms with Crippen molar-refractivity contribution in [3.8, 4) is 0 Å². The molecule has 0 bridgehead atoms. The van der Waals surface area contributed by atoms with Crippen LogP contribution >= 0.6 is 0 Å². The van der Waals surface area contributed by atoms with Crippen LogP contribution in [0.1, 0.15) is 56.5 Å². The Labute approximate surface area is 139 Å². The Morgan fingerprint density at radius 3 is 2.57 bits per heavy atom. The van der Waals surface area contributed by atoms with Crippen molar-refractivity contribution < 1.29 is 9.53 Å². The fraction of sp³-hybridized carbons (Fsp3) is 0.400. The molecule has 0 amide bonds. The van der Waals surface area contributed by atoms with E-state index in [4.69, 9.17) is 4.74 Å². The van der Waals surface area contributed by atoms with Crippen molar-refractivity contribution in [1.82, 2.24) is 4.98 Å². The monoisotopic (exact) mass is 313 g/mol. The van der Waals surface area contributed by atoms with Gasteiger partial charge in [0.15, 0.2) is 0 Å². The van der Waals surface area contributed by atoms with Crippen molar-refractivity contribution in [3.05, 3.63) is 51.7 Å². The SMILES string of the molecule is C/C=C\C(=C/C)Cc1cnc2c(c1C(=O)OC)=CCCC=2.CC. The fourth-order valence-electron chi connectivity index (χ4n) is 2.57. The number of esters is 1. The van der Waals surface area contributed by atoms with Gasteiger partial charge in [-0.2, -0.15) is 0 Å². The summed E-state index contributed by atoms with van der Waals surface area (Å²) in [6, 6.07) is 0. The van der Waals surface area contributed by atoms with Gasteiger partial charge in [0.1, 0.15) is 0 Å². The number of carbonyl (C=O) groups excluding carboxylic acids is 1. The Kier molecular flexibility index (Phi) is 8.03. The summed E-state index contributed by atoms with van der Waals surface area (Å²) in [6.45, 7) is 7.98. The van der Waals surface area contributed by atoms with E-state index < -0.39 is 0 Å². The van der Waals surface area contributed by atoms with Crippen molar-refractivity contribution in [2.75, 3.05) is 7.11 Å². The molecule has 23 heavy (non-hydrogen) atoms. The third kappa shape index (κ3) is 4.65. The first-order valence-corrected chi connectivity index (χ1v) is 8.25. The number of ether oxygens (including phenoxy) is 1. The predicted molar refractivity (Wildman–Crippen MR) is 96.6 cm³/mol. The van der Waals surface area contributed by atoms with Crippen molar-refractivity contribution in [2.45, 2.75) is 47.0 Å². The highest BCUT2D eigenvalue weighted by molar-refractivity contribution is 5.91. The molecule has 0 atom stereocenters. The second-order valence-electron chi connectivity index (χ2n) is 4.97. The lowest BCUT2D eigenvalue weighted by Gasteiger charge is -2.11. The molecule has 3 heteroatoms. The average molecular weight is 313 g/mol. The fourth-order valence-corrected chi connectivity index (χ4v) is 2.57. The molecule has 1 aromatic rings. The first kappa shape index (κ1) is 18.9. The van der Waals surface area contributed by atoms with Crippen molar-refractivity contribution >= 4 is 18.1 Å². The van der Waals surface area contributed by atoms with Gasteiger partial charge in [-0.3, -0.25) is 4.98 Å². The van der Waals surface area contributed by atoms with Gasteiger partial charge in [-0.05, 0) is 44.2 Å². The second-order valence-corrected chi connectivity index (χ2v) is 4.97. The molecule has 1 aliphatic rings. The summed E-state index contributed by atoms with van der Waals surface area (Å²) in [7, 11) is 1.42. The number of carbonyl (C=O) groups is 1. The van der Waals surface area contributed by atoms with Crippen LogP contribution in [0.3, 0.4) is 0 Å². The number of fused-ring (bicyclic) bond motifs is 1. The molecule has 1 aromatic heterocycles. The van der Waals surface area contributed by atoms with E-state index in [-0.39, 0.29) is 5.97 Å². The zero-order chi connectivity index (χ0) is 17.2. The van der Waals surface area contributed by atoms with Crippen LogP contribution in [0.25, 0.3) is 12.2 Å². The number of allylic oxidation sites excluding steroid dienone is 4. The number of methoxy groups -OCH3 is 1. The molecule has 0 N–H and O–H groups in total. The molecule has 1 aliphatic carbocycles. The summed E-state index contributed by atoms with van der Waals surface area (Å²) in [5.41, 5.74) is 2.73. The van der Waals surface area contributed by atoms with E-state index in [0.717, 1.165) is 34.5 Å². The molecule has 3 nitrogen and oxygen atoms in total. The van der Waals surface area contributed by atoms with Gasteiger partial charge in [0.25, 0.3) is 0 Å². The molecular formula is C20H27NO2. The van der Waals surface area contributed by atoms with Crippen LogP contribution in [-0.2, 0) is 11.2 Å². The smallest absolute Gasteiger partial charge is 0.338 e. The number of pyridine rings is 1. The van der Waals surface area contributed by atoms with Gasteiger partial charge in [0, 0.05) is 11.4 Å². The van der Waals surface area contributed by atoms with Crippen LogP contribution < -0.4 is 10.6 Å². The quantitative estimate of drug-likeness (QED) is 0.632. The topological polar surface area (TPSA) is 39.2 Å². The molecule has 0 aliphatic heterocycles. The first-order chi connectivity index (χ1) is 11.2. The number of aromatic nitrogens is 1. The van der Waals surface area contributed by atoms with Crippen LogP contribution in [0.2, 0.25) is 0 Å². The van der Waals surface area contributed by atoms with Gasteiger partial charge in [0.2, 0.25) is 0 Å². The van der Waals surface area contributed by atoms with Crippen LogP contribution in [0.15, 0.2) is 30.0 Å². The van der Waals surface area contributed by atoms with Gasteiger partial charge in [-0.1, -0.05) is 44.2 Å². The average Bonchev–Trinajstić information content (AvgIpc) is 2.62. The molecule has 0 radical (unpaired) electrons. The maximum absolute atomic E-state index is 12.2. The summed E-state index contributed by atoms with van der Waals surface area (Å²) >= 11 is 0. The summed E-state index contributed by atoms with van der Waals surface area (Å²) < 4.78 is 4.98. The molecule has 124 valence electrons. The normalized spacial score (nSPS) is 13.3. The zero-order valence-electron chi connectivity index (χ0n) is 14.8. The first-order valence-electron chi connectivity index (χ1n) is 8.25. The van der Waals surface area contributed by atoms with Gasteiger partial charge in [-0.15, -0.1) is 0 Å². The molecular weight excluding hydrogens is 286 g/mol. The number of rotatable bonds is 4. The van der Waals surface area contributed by atoms with E-state index in [1.165, 1.54) is 7.11 Å². The minimum Gasteiger partial charge on any atom is -0.465 e. The minimum atomic E-state index is -0.286. The zero-order valence-corrected chi connectivity index (χ0v) is 14.8. The summed E-state index contributed by atoms with van der Waals surface area (Å²) in [6.07, 6.45) is 14.7. The molecule has 0 saturated carbocycles. The Hall–Kier alpha value is -2.16. The molecule has 1 heterocycles. The highest BCUT2D eigenvalue weighted by atomic mass is 16.5. The minimum absolute atomic E-state index is 0.286. The van der Waals surface area contributed by atoms with Crippen LogP contribution in [0.4, 0.5) is 0 Å². The summed E-state index contributed by atoms with van der Waals surface area (Å²) in [5.74, 6) is -0.286. The Morgan fingerprint density at radius 1 is 1.26 bits per heavy atom. The Morgan fingerprint density at radius 2 is 1.96 bits per heavy atom. The van der Waals surface area contributed by atoms with E-state index in [9.17, 15) is 4.79 Å². The van der Waals surface area contributed by atoms with E-state index >= 15 is 0 Å². The summed E-state index contributed by atoms with van der Waals surface area (Å²) in [4.78, 5) is 16.7. The molecule has 0 unspecified atom stereocenters. The molecule has 2 rings (SSSR count). The lowest BCUT2D eigenvalue weighted by Crippen LogP contribution is -2.37. The van der Waals surface area contributed by atoms with Crippen molar-refractivity contribution in [2.24, 2.45) is 0 Å². The lowest BCUT2D eigenvalue weighted by atomic mass is 9.97. The van der Waals surface area contributed by atoms with E-state index in [1.54, 1.807) is 6.20 Å². The number of hydrogen-bond donors (Lipinski definition) is 0. The van der Waals surface area contributed by atoms with Crippen LogP contribution in [0, 0.1) is 0 Å². The van der Waals surface area contributed by atoms with Crippen LogP contribution in [-0.4, -0.2) is 18.1 Å². The third-order valence-electron chi connectivity index (χ3n) is 3.61. The second kappa shape index (κ2) is 9.78. The molecule has 0 saturated heterocycles. The summed E-state index contributed by atoms with van der Waals surface area (Å²) in [5, 5.41) is 1.81. The molecule has 0 fully saturated rings. The predicted octanol–water partition coefficient (Wildman–Crippen LogP) is 3.31. The number of hydrogen-bond acceptors (Lipinski definition) is 3. The lowest BCUT2D eigenvalue weighted by molar-refractivity contribution is 0.0598. The van der Waals surface area contributed by atoms with Gasteiger partial charge in [-0.25, -0.2) is 4.79 Å². The number of nitrogens with zero attached hydrogens (tertiary/aromatic N) is 1. The van der Waals surface area contributed by atoms with Crippen molar-refractivity contribution in [3.63, 3.8) is 0 Å². The largest absolute Gasteiger partial charge is 0.465 e.